The molecule has 0 aliphatic rings. The van der Waals surface area contributed by atoms with Crippen LogP contribution in [-0.2, 0) is 16.6 Å². The number of ether oxygens (including phenoxy) is 1. The number of carbonyl (C=O) groups is 1. The summed E-state index contributed by atoms with van der Waals surface area (Å²) >= 11 is 0. The Morgan fingerprint density at radius 3 is 2.44 bits per heavy atom. The third kappa shape index (κ3) is 3.80. The monoisotopic (exact) mass is 387 g/mol. The van der Waals surface area contributed by atoms with Gasteiger partial charge in [0.1, 0.15) is 16.4 Å². The van der Waals surface area contributed by atoms with E-state index in [-0.39, 0.29) is 22.8 Å². The van der Waals surface area contributed by atoms with Crippen molar-refractivity contribution in [1.82, 2.24) is 0 Å². The number of para-hydroxylation sites is 1. The Bertz CT molecular complexity index is 1030. The van der Waals surface area contributed by atoms with Gasteiger partial charge in [0.2, 0.25) is 0 Å². The lowest BCUT2D eigenvalue weighted by Crippen LogP contribution is -2.31. The van der Waals surface area contributed by atoms with E-state index in [2.05, 4.69) is 0 Å². The summed E-state index contributed by atoms with van der Waals surface area (Å²) < 4.78 is 38.5. The van der Waals surface area contributed by atoms with Crippen LogP contribution in [0.1, 0.15) is 16.1 Å². The topological polar surface area (TPSA) is 97.0 Å². The van der Waals surface area contributed by atoms with Gasteiger partial charge in [-0.2, -0.15) is 0 Å². The maximum atomic E-state index is 13.4. The first kappa shape index (κ1) is 18.5. The highest BCUT2D eigenvalue weighted by Crippen LogP contribution is 2.32. The van der Waals surface area contributed by atoms with Crippen LogP contribution in [0.4, 0.5) is 5.69 Å². The number of furan rings is 1. The second kappa shape index (κ2) is 7.55. The minimum absolute atomic E-state index is 0.0558. The van der Waals surface area contributed by atoms with Crippen LogP contribution in [0, 0.1) is 0 Å². The molecule has 0 radical (unpaired) electrons. The quantitative estimate of drug-likeness (QED) is 0.667. The number of rotatable bonds is 7. The maximum Gasteiger partial charge on any atom is 0.335 e. The molecule has 3 rings (SSSR count). The van der Waals surface area contributed by atoms with Crippen molar-refractivity contribution < 1.29 is 27.5 Å². The van der Waals surface area contributed by atoms with Gasteiger partial charge in [0.25, 0.3) is 10.0 Å². The van der Waals surface area contributed by atoms with E-state index in [1.807, 2.05) is 0 Å². The number of sulfonamides is 1. The Hall–Kier alpha value is -3.26. The van der Waals surface area contributed by atoms with Crippen molar-refractivity contribution in [2.45, 2.75) is 11.4 Å². The number of anilines is 1. The molecular weight excluding hydrogens is 370 g/mol. The molecule has 1 aromatic heterocycles. The predicted octanol–water partition coefficient (Wildman–Crippen LogP) is 3.38. The van der Waals surface area contributed by atoms with Gasteiger partial charge in [-0.15, -0.1) is 0 Å². The molecule has 0 unspecified atom stereocenters. The fourth-order valence-electron chi connectivity index (χ4n) is 2.58. The molecule has 0 aliphatic carbocycles. The smallest absolute Gasteiger partial charge is 0.335 e. The maximum absolute atomic E-state index is 13.4. The number of nitrogens with zero attached hydrogens (tertiary/aromatic N) is 1. The molecule has 3 aromatic rings. The normalized spacial score (nSPS) is 11.1. The first-order chi connectivity index (χ1) is 12.9. The SMILES string of the molecule is COc1ccc(C(=O)O)cc1S(=O)(=O)N(Cc1ccco1)c1ccccc1. The van der Waals surface area contributed by atoms with E-state index < -0.39 is 16.0 Å². The Morgan fingerprint density at radius 2 is 1.85 bits per heavy atom. The summed E-state index contributed by atoms with van der Waals surface area (Å²) in [7, 11) is -2.82. The number of aromatic carboxylic acids is 1. The zero-order valence-electron chi connectivity index (χ0n) is 14.4. The summed E-state index contributed by atoms with van der Waals surface area (Å²) in [5.74, 6) is -0.734. The molecule has 140 valence electrons. The van der Waals surface area contributed by atoms with E-state index in [1.165, 1.54) is 25.5 Å². The minimum Gasteiger partial charge on any atom is -0.495 e. The lowest BCUT2D eigenvalue weighted by atomic mass is 10.2. The second-order valence-corrected chi connectivity index (χ2v) is 7.43. The Morgan fingerprint density at radius 1 is 1.11 bits per heavy atom. The second-order valence-electron chi connectivity index (χ2n) is 5.60. The highest BCUT2D eigenvalue weighted by molar-refractivity contribution is 7.92. The van der Waals surface area contributed by atoms with E-state index in [0.717, 1.165) is 10.4 Å². The van der Waals surface area contributed by atoms with Crippen LogP contribution in [-0.4, -0.2) is 26.6 Å². The van der Waals surface area contributed by atoms with Gasteiger partial charge in [-0.3, -0.25) is 4.31 Å². The highest BCUT2D eigenvalue weighted by atomic mass is 32.2. The lowest BCUT2D eigenvalue weighted by molar-refractivity contribution is 0.0696. The molecule has 0 spiro atoms. The van der Waals surface area contributed by atoms with Crippen LogP contribution in [0.2, 0.25) is 0 Å². The van der Waals surface area contributed by atoms with Crippen LogP contribution < -0.4 is 9.04 Å². The summed E-state index contributed by atoms with van der Waals surface area (Å²) in [6, 6.07) is 15.5. The lowest BCUT2D eigenvalue weighted by Gasteiger charge is -2.24. The third-order valence-electron chi connectivity index (χ3n) is 3.90. The van der Waals surface area contributed by atoms with Crippen molar-refractivity contribution in [3.63, 3.8) is 0 Å². The fourth-order valence-corrected chi connectivity index (χ4v) is 4.20. The molecule has 0 saturated carbocycles. The van der Waals surface area contributed by atoms with Crippen molar-refractivity contribution >= 4 is 21.7 Å². The van der Waals surface area contributed by atoms with Gasteiger partial charge in [0.05, 0.1) is 31.2 Å². The molecule has 0 saturated heterocycles. The fraction of sp³-hybridized carbons (Fsp3) is 0.105. The molecule has 0 atom stereocenters. The van der Waals surface area contributed by atoms with Gasteiger partial charge in [-0.05, 0) is 42.5 Å². The standard InChI is InChI=1S/C19H17NO6S/c1-25-17-10-9-14(19(21)22)12-18(17)27(23,24)20(13-16-8-5-11-26-16)15-6-3-2-4-7-15/h2-12H,13H2,1H3,(H,21,22). The molecule has 27 heavy (non-hydrogen) atoms. The van der Waals surface area contributed by atoms with E-state index in [0.29, 0.717) is 11.4 Å². The van der Waals surface area contributed by atoms with Gasteiger partial charge in [0, 0.05) is 0 Å². The van der Waals surface area contributed by atoms with Crippen molar-refractivity contribution in [3.05, 3.63) is 78.3 Å². The van der Waals surface area contributed by atoms with Gasteiger partial charge in [-0.1, -0.05) is 18.2 Å². The van der Waals surface area contributed by atoms with E-state index in [9.17, 15) is 18.3 Å². The van der Waals surface area contributed by atoms with Gasteiger partial charge in [-0.25, -0.2) is 13.2 Å². The molecular formula is C19H17NO6S. The molecule has 0 fully saturated rings. The molecule has 1 N–H and O–H groups in total. The van der Waals surface area contributed by atoms with E-state index in [1.54, 1.807) is 42.5 Å². The third-order valence-corrected chi connectivity index (χ3v) is 5.70. The van der Waals surface area contributed by atoms with Crippen LogP contribution in [0.15, 0.2) is 76.2 Å². The van der Waals surface area contributed by atoms with Gasteiger partial charge < -0.3 is 14.3 Å². The molecule has 1 heterocycles. The van der Waals surface area contributed by atoms with Gasteiger partial charge in [0.15, 0.2) is 0 Å². The highest BCUT2D eigenvalue weighted by Gasteiger charge is 2.30. The Balaban J connectivity index is 2.16. The summed E-state index contributed by atoms with van der Waals surface area (Å²) in [5, 5.41) is 9.24. The zero-order chi connectivity index (χ0) is 19.4. The molecule has 7 nitrogen and oxygen atoms in total. The number of benzene rings is 2. The van der Waals surface area contributed by atoms with Gasteiger partial charge >= 0.3 is 5.97 Å². The molecule has 0 amide bonds. The Kier molecular flexibility index (Phi) is 5.18. The Labute approximate surface area is 156 Å². The van der Waals surface area contributed by atoms with E-state index in [4.69, 9.17) is 9.15 Å². The average Bonchev–Trinajstić information content (AvgIpc) is 3.19. The number of hydrogen-bond acceptors (Lipinski definition) is 5. The predicted molar refractivity (Wildman–Crippen MR) is 98.5 cm³/mol. The summed E-state index contributed by atoms with van der Waals surface area (Å²) in [5.41, 5.74) is 0.261. The molecule has 0 bridgehead atoms. The number of carboxylic acid groups (broad SMARTS) is 1. The molecule has 0 aliphatic heterocycles. The van der Waals surface area contributed by atoms with E-state index >= 15 is 0 Å². The zero-order valence-corrected chi connectivity index (χ0v) is 15.2. The van der Waals surface area contributed by atoms with Crippen molar-refractivity contribution in [3.8, 4) is 5.75 Å². The van der Waals surface area contributed by atoms with Crippen LogP contribution >= 0.6 is 0 Å². The average molecular weight is 387 g/mol. The summed E-state index contributed by atoms with van der Waals surface area (Å²) in [6.07, 6.45) is 1.46. The first-order valence-corrected chi connectivity index (χ1v) is 9.39. The van der Waals surface area contributed by atoms with Crippen molar-refractivity contribution in [2.24, 2.45) is 0 Å². The summed E-state index contributed by atoms with van der Waals surface area (Å²) in [6.45, 7) is -0.0558. The number of hydrogen-bond donors (Lipinski definition) is 1. The number of methoxy groups -OCH3 is 1. The van der Waals surface area contributed by atoms with Crippen LogP contribution in [0.25, 0.3) is 0 Å². The molecule has 2 aromatic carbocycles. The minimum atomic E-state index is -4.14. The van der Waals surface area contributed by atoms with Crippen molar-refractivity contribution in [1.29, 1.82) is 0 Å². The number of carboxylic acids is 1. The van der Waals surface area contributed by atoms with Crippen molar-refractivity contribution in [2.75, 3.05) is 11.4 Å². The molecule has 8 heteroatoms. The van der Waals surface area contributed by atoms with Crippen LogP contribution in [0.3, 0.4) is 0 Å². The van der Waals surface area contributed by atoms with Crippen LogP contribution in [0.5, 0.6) is 5.75 Å². The first-order valence-electron chi connectivity index (χ1n) is 7.95. The summed E-state index contributed by atoms with van der Waals surface area (Å²) in [4.78, 5) is 11.1. The largest absolute Gasteiger partial charge is 0.495 e.